The van der Waals surface area contributed by atoms with Crippen LogP contribution in [0.2, 0.25) is 0 Å². The van der Waals surface area contributed by atoms with Crippen molar-refractivity contribution in [3.8, 4) is 18.1 Å². The van der Waals surface area contributed by atoms with Crippen LogP contribution in [0.5, 0.6) is 5.75 Å². The molecule has 8 heteroatoms. The van der Waals surface area contributed by atoms with Gasteiger partial charge in [0.2, 0.25) is 0 Å². The Hall–Kier alpha value is -3.77. The molecular formula is C33H38N4O3S. The number of terminal acetylenes is 1. The lowest BCUT2D eigenvalue weighted by Crippen LogP contribution is -2.46. The summed E-state index contributed by atoms with van der Waals surface area (Å²) in [5.74, 6) is 3.57. The van der Waals surface area contributed by atoms with E-state index in [-0.39, 0.29) is 0 Å². The third-order valence-electron chi connectivity index (χ3n) is 7.56. The minimum atomic E-state index is -3.65. The van der Waals surface area contributed by atoms with Gasteiger partial charge in [-0.15, -0.1) is 6.42 Å². The van der Waals surface area contributed by atoms with Crippen molar-refractivity contribution in [2.75, 3.05) is 57.8 Å². The van der Waals surface area contributed by atoms with Crippen LogP contribution in [0.25, 0.3) is 10.9 Å². The van der Waals surface area contributed by atoms with Gasteiger partial charge in [-0.3, -0.25) is 9.80 Å². The molecule has 0 saturated carbocycles. The quantitative estimate of drug-likeness (QED) is 0.178. The minimum Gasteiger partial charge on any atom is -0.494 e. The van der Waals surface area contributed by atoms with Gasteiger partial charge in [0.15, 0.2) is 0 Å². The Balaban J connectivity index is 1.08. The highest BCUT2D eigenvalue weighted by atomic mass is 32.2. The first kappa shape index (κ1) is 28.7. The fraction of sp³-hybridized carbons (Fsp3) is 0.333. The minimum absolute atomic E-state index is 0.292. The average molecular weight is 571 g/mol. The highest BCUT2D eigenvalue weighted by molar-refractivity contribution is 7.90. The van der Waals surface area contributed by atoms with E-state index in [9.17, 15) is 8.42 Å². The number of anilines is 1. The molecule has 214 valence electrons. The molecule has 4 aromatic rings. The van der Waals surface area contributed by atoms with Crippen molar-refractivity contribution in [3.63, 3.8) is 0 Å². The SMILES string of the molecule is C#CCN(C)Cc1ccc(OCCCCN2CCN(c3cccc4c3ccn4S(=O)(=O)c3ccccc3)CC2)cc1. The fourth-order valence-corrected chi connectivity index (χ4v) is 6.74. The van der Waals surface area contributed by atoms with Crippen molar-refractivity contribution in [3.05, 3.63) is 90.6 Å². The Bertz CT molecular complexity index is 1570. The molecular weight excluding hydrogens is 532 g/mol. The van der Waals surface area contributed by atoms with Crippen molar-refractivity contribution in [2.24, 2.45) is 0 Å². The Morgan fingerprint density at radius 1 is 0.902 bits per heavy atom. The van der Waals surface area contributed by atoms with Gasteiger partial charge in [-0.25, -0.2) is 12.4 Å². The molecule has 0 atom stereocenters. The van der Waals surface area contributed by atoms with E-state index in [0.717, 1.165) is 68.9 Å². The summed E-state index contributed by atoms with van der Waals surface area (Å²) in [5, 5.41) is 0.963. The van der Waals surface area contributed by atoms with E-state index in [1.165, 1.54) is 9.54 Å². The highest BCUT2D eigenvalue weighted by Gasteiger charge is 2.22. The topological polar surface area (TPSA) is 58.0 Å². The van der Waals surface area contributed by atoms with Crippen molar-refractivity contribution in [2.45, 2.75) is 24.3 Å². The van der Waals surface area contributed by atoms with Crippen LogP contribution in [0, 0.1) is 12.3 Å². The summed E-state index contributed by atoms with van der Waals surface area (Å²) in [7, 11) is -1.63. The number of nitrogens with zero attached hydrogens (tertiary/aromatic N) is 4. The molecule has 3 aromatic carbocycles. The summed E-state index contributed by atoms with van der Waals surface area (Å²) < 4.78 is 33.9. The van der Waals surface area contributed by atoms with Gasteiger partial charge in [-0.2, -0.15) is 0 Å². The number of benzene rings is 3. The maximum absolute atomic E-state index is 13.3. The lowest BCUT2D eigenvalue weighted by molar-refractivity contribution is 0.238. The molecule has 0 spiro atoms. The molecule has 0 bridgehead atoms. The average Bonchev–Trinajstić information content (AvgIpc) is 3.44. The molecule has 41 heavy (non-hydrogen) atoms. The van der Waals surface area contributed by atoms with Gasteiger partial charge in [0.05, 0.1) is 23.6 Å². The van der Waals surface area contributed by atoms with Crippen LogP contribution in [0.1, 0.15) is 18.4 Å². The van der Waals surface area contributed by atoms with Crippen molar-refractivity contribution in [1.29, 1.82) is 0 Å². The number of ether oxygens (including phenoxy) is 1. The molecule has 0 aliphatic carbocycles. The smallest absolute Gasteiger partial charge is 0.268 e. The molecule has 0 radical (unpaired) electrons. The lowest BCUT2D eigenvalue weighted by atomic mass is 10.1. The molecule has 0 N–H and O–H groups in total. The summed E-state index contributed by atoms with van der Waals surface area (Å²) in [6.07, 6.45) is 9.14. The van der Waals surface area contributed by atoms with E-state index in [0.29, 0.717) is 23.6 Å². The lowest BCUT2D eigenvalue weighted by Gasteiger charge is -2.36. The van der Waals surface area contributed by atoms with Crippen LogP contribution >= 0.6 is 0 Å². The van der Waals surface area contributed by atoms with Gasteiger partial charge in [-0.05, 0) is 74.5 Å². The first-order valence-corrected chi connectivity index (χ1v) is 15.6. The van der Waals surface area contributed by atoms with Gasteiger partial charge in [-0.1, -0.05) is 42.3 Å². The van der Waals surface area contributed by atoms with Crippen LogP contribution in [0.15, 0.2) is 90.0 Å². The normalized spacial score (nSPS) is 14.4. The predicted octanol–water partition coefficient (Wildman–Crippen LogP) is 4.92. The molecule has 2 heterocycles. The molecule has 1 aliphatic heterocycles. The predicted molar refractivity (Wildman–Crippen MR) is 166 cm³/mol. The van der Waals surface area contributed by atoms with Crippen molar-refractivity contribution < 1.29 is 13.2 Å². The van der Waals surface area contributed by atoms with E-state index in [2.05, 4.69) is 38.8 Å². The zero-order valence-electron chi connectivity index (χ0n) is 23.7. The number of piperazine rings is 1. The fourth-order valence-electron chi connectivity index (χ4n) is 5.37. The molecule has 1 fully saturated rings. The standard InChI is InChI=1S/C33H38N4O3S/c1-3-19-34(2)27-28-14-16-29(17-15-28)40-26-8-7-20-35-22-24-36(25-23-35)32-12-9-13-33-31(32)18-21-37(33)41(38,39)30-10-5-4-6-11-30/h1,4-6,9-18,21H,7-8,19-20,22-27H2,2H3. The molecule has 0 unspecified atom stereocenters. The summed E-state index contributed by atoms with van der Waals surface area (Å²) in [6, 6.07) is 24.7. The molecule has 1 aliphatic rings. The zero-order chi connectivity index (χ0) is 28.7. The Labute approximate surface area is 244 Å². The van der Waals surface area contributed by atoms with E-state index in [1.54, 1.807) is 30.5 Å². The number of hydrogen-bond acceptors (Lipinski definition) is 6. The Morgan fingerprint density at radius 3 is 2.39 bits per heavy atom. The monoisotopic (exact) mass is 570 g/mol. The summed E-state index contributed by atoms with van der Waals surface area (Å²) in [5.41, 5.74) is 3.02. The number of hydrogen-bond donors (Lipinski definition) is 0. The molecule has 5 rings (SSSR count). The third kappa shape index (κ3) is 6.94. The summed E-state index contributed by atoms with van der Waals surface area (Å²) in [6.45, 7) is 7.01. The van der Waals surface area contributed by atoms with Gasteiger partial charge in [0.1, 0.15) is 5.75 Å². The van der Waals surface area contributed by atoms with Crippen molar-refractivity contribution in [1.82, 2.24) is 13.8 Å². The molecule has 1 aromatic heterocycles. The second-order valence-electron chi connectivity index (χ2n) is 10.5. The molecule has 7 nitrogen and oxygen atoms in total. The number of aromatic nitrogens is 1. The largest absolute Gasteiger partial charge is 0.494 e. The zero-order valence-corrected chi connectivity index (χ0v) is 24.5. The first-order valence-electron chi connectivity index (χ1n) is 14.2. The third-order valence-corrected chi connectivity index (χ3v) is 9.27. The molecule has 1 saturated heterocycles. The van der Waals surface area contributed by atoms with E-state index in [1.807, 2.05) is 43.4 Å². The van der Waals surface area contributed by atoms with E-state index in [4.69, 9.17) is 11.2 Å². The van der Waals surface area contributed by atoms with E-state index < -0.39 is 10.0 Å². The Kier molecular flexibility index (Phi) is 9.30. The number of unbranched alkanes of at least 4 members (excludes halogenated alkanes) is 1. The summed E-state index contributed by atoms with van der Waals surface area (Å²) >= 11 is 0. The first-order chi connectivity index (χ1) is 20.0. The second kappa shape index (κ2) is 13.3. The summed E-state index contributed by atoms with van der Waals surface area (Å²) in [4.78, 5) is 7.27. The highest BCUT2D eigenvalue weighted by Crippen LogP contribution is 2.31. The maximum Gasteiger partial charge on any atom is 0.268 e. The number of rotatable bonds is 12. The number of fused-ring (bicyclic) bond motifs is 1. The van der Waals surface area contributed by atoms with Gasteiger partial charge < -0.3 is 9.64 Å². The van der Waals surface area contributed by atoms with Crippen LogP contribution in [0.4, 0.5) is 5.69 Å². The van der Waals surface area contributed by atoms with Crippen LogP contribution < -0.4 is 9.64 Å². The van der Waals surface area contributed by atoms with Gasteiger partial charge in [0.25, 0.3) is 10.0 Å². The van der Waals surface area contributed by atoms with Gasteiger partial charge in [0, 0.05) is 50.0 Å². The van der Waals surface area contributed by atoms with Crippen molar-refractivity contribution >= 4 is 26.6 Å². The second-order valence-corrected chi connectivity index (χ2v) is 12.4. The van der Waals surface area contributed by atoms with E-state index >= 15 is 0 Å². The van der Waals surface area contributed by atoms with Crippen LogP contribution in [-0.4, -0.2) is 75.1 Å². The maximum atomic E-state index is 13.3. The van der Waals surface area contributed by atoms with Crippen LogP contribution in [-0.2, 0) is 16.6 Å². The molecule has 0 amide bonds. The Morgan fingerprint density at radius 2 is 1.66 bits per heavy atom. The van der Waals surface area contributed by atoms with Gasteiger partial charge >= 0.3 is 0 Å². The van der Waals surface area contributed by atoms with Crippen LogP contribution in [0.3, 0.4) is 0 Å².